The van der Waals surface area contributed by atoms with Crippen LogP contribution >= 0.6 is 0 Å². The van der Waals surface area contributed by atoms with Gasteiger partial charge in [-0.15, -0.1) is 0 Å². The van der Waals surface area contributed by atoms with Crippen LogP contribution in [-0.4, -0.2) is 22.5 Å². The van der Waals surface area contributed by atoms with E-state index in [-0.39, 0.29) is 12.5 Å². The molecule has 4 rings (SSSR count). The molecular formula is C20H17N3O2. The highest BCUT2D eigenvalue weighted by molar-refractivity contribution is 5.94. The molecule has 0 saturated carbocycles. The smallest absolute Gasteiger partial charge is 0.246 e. The van der Waals surface area contributed by atoms with Gasteiger partial charge in [0.2, 0.25) is 5.91 Å². The van der Waals surface area contributed by atoms with Gasteiger partial charge in [-0.05, 0) is 36.4 Å². The number of hydrogen-bond acceptors (Lipinski definition) is 3. The van der Waals surface area contributed by atoms with Gasteiger partial charge in [-0.2, -0.15) is 0 Å². The number of amides is 1. The Kier molecular flexibility index (Phi) is 3.82. The molecule has 0 aliphatic carbocycles. The zero-order valence-corrected chi connectivity index (χ0v) is 13.8. The molecule has 0 unspecified atom stereocenters. The molecule has 0 aliphatic rings. The number of aromatic nitrogens is 2. The maximum atomic E-state index is 12.8. The van der Waals surface area contributed by atoms with Crippen LogP contribution in [0.4, 0.5) is 5.69 Å². The summed E-state index contributed by atoms with van der Waals surface area (Å²) in [4.78, 5) is 19.1. The van der Waals surface area contributed by atoms with Gasteiger partial charge in [0.15, 0.2) is 11.6 Å². The largest absolute Gasteiger partial charge is 0.461 e. The maximum absolute atomic E-state index is 12.8. The first-order valence-electron chi connectivity index (χ1n) is 8.05. The topological polar surface area (TPSA) is 51.3 Å². The Morgan fingerprint density at radius 2 is 1.80 bits per heavy atom. The summed E-state index contributed by atoms with van der Waals surface area (Å²) >= 11 is 0. The molecule has 5 nitrogen and oxygen atoms in total. The van der Waals surface area contributed by atoms with Crippen molar-refractivity contribution in [1.82, 2.24) is 9.55 Å². The zero-order valence-electron chi connectivity index (χ0n) is 13.8. The number of likely N-dealkylation sites (N-methyl/N-ethyl adjacent to an activating group) is 1. The number of fused-ring (bicyclic) bond motifs is 1. The summed E-state index contributed by atoms with van der Waals surface area (Å²) in [7, 11) is 1.78. The lowest BCUT2D eigenvalue weighted by Gasteiger charge is -2.18. The molecule has 2 heterocycles. The van der Waals surface area contributed by atoms with Gasteiger partial charge in [-0.3, -0.25) is 4.79 Å². The molecule has 1 amide bonds. The molecule has 2 aromatic carbocycles. The van der Waals surface area contributed by atoms with E-state index >= 15 is 0 Å². The average molecular weight is 331 g/mol. The molecule has 0 aliphatic heterocycles. The second-order valence-corrected chi connectivity index (χ2v) is 5.78. The molecule has 124 valence electrons. The second-order valence-electron chi connectivity index (χ2n) is 5.78. The van der Waals surface area contributed by atoms with Crippen molar-refractivity contribution in [3.8, 4) is 11.6 Å². The Morgan fingerprint density at radius 3 is 2.56 bits per heavy atom. The molecule has 4 aromatic rings. The molecule has 0 atom stereocenters. The van der Waals surface area contributed by atoms with E-state index in [1.807, 2.05) is 71.3 Å². The summed E-state index contributed by atoms with van der Waals surface area (Å²) in [5.74, 6) is 1.27. The standard InChI is InChI=1S/C20H17N3O2/c1-22(15-8-3-2-4-9-15)19(24)14-23-17-11-6-5-10-16(17)21-20(23)18-12-7-13-25-18/h2-13H,14H2,1H3. The van der Waals surface area contributed by atoms with E-state index in [1.54, 1.807) is 18.2 Å². The highest BCUT2D eigenvalue weighted by Gasteiger charge is 2.19. The number of rotatable bonds is 4. The van der Waals surface area contributed by atoms with E-state index in [4.69, 9.17) is 4.42 Å². The SMILES string of the molecule is CN(C(=O)Cn1c(-c2ccco2)nc2ccccc21)c1ccccc1. The van der Waals surface area contributed by atoms with Crippen molar-refractivity contribution in [2.24, 2.45) is 0 Å². The number of anilines is 1. The highest BCUT2D eigenvalue weighted by Crippen LogP contribution is 2.25. The minimum atomic E-state index is -0.0258. The first-order chi connectivity index (χ1) is 12.2. The lowest BCUT2D eigenvalue weighted by molar-refractivity contribution is -0.118. The van der Waals surface area contributed by atoms with E-state index in [0.29, 0.717) is 11.6 Å². The zero-order chi connectivity index (χ0) is 17.2. The summed E-state index contributed by atoms with van der Waals surface area (Å²) in [6.45, 7) is 0.182. The monoisotopic (exact) mass is 331 g/mol. The molecule has 0 N–H and O–H groups in total. The van der Waals surface area contributed by atoms with E-state index in [2.05, 4.69) is 4.98 Å². The van der Waals surface area contributed by atoms with Crippen LogP contribution < -0.4 is 4.90 Å². The molecule has 0 bridgehead atoms. The van der Waals surface area contributed by atoms with Gasteiger partial charge in [-0.1, -0.05) is 30.3 Å². The molecule has 0 spiro atoms. The number of imidazole rings is 1. The fraction of sp³-hybridized carbons (Fsp3) is 0.100. The molecule has 5 heteroatoms. The number of para-hydroxylation sites is 3. The maximum Gasteiger partial charge on any atom is 0.246 e. The first kappa shape index (κ1) is 15.2. The summed E-state index contributed by atoms with van der Waals surface area (Å²) in [5.41, 5.74) is 2.60. The molecular weight excluding hydrogens is 314 g/mol. The highest BCUT2D eigenvalue weighted by atomic mass is 16.3. The van der Waals surface area contributed by atoms with Crippen molar-refractivity contribution in [3.63, 3.8) is 0 Å². The fourth-order valence-electron chi connectivity index (χ4n) is 2.87. The van der Waals surface area contributed by atoms with Gasteiger partial charge >= 0.3 is 0 Å². The number of nitrogens with zero attached hydrogens (tertiary/aromatic N) is 3. The van der Waals surface area contributed by atoms with Crippen molar-refractivity contribution in [2.45, 2.75) is 6.54 Å². The number of benzene rings is 2. The Hall–Kier alpha value is -3.34. The average Bonchev–Trinajstić information content (AvgIpc) is 3.30. The second kappa shape index (κ2) is 6.28. The van der Waals surface area contributed by atoms with Crippen LogP contribution in [0.1, 0.15) is 0 Å². The molecule has 2 aromatic heterocycles. The molecule has 0 fully saturated rings. The van der Waals surface area contributed by atoms with Crippen LogP contribution in [0.15, 0.2) is 77.4 Å². The molecule has 0 saturated heterocycles. The predicted molar refractivity (Wildman–Crippen MR) is 97.3 cm³/mol. The van der Waals surface area contributed by atoms with E-state index in [0.717, 1.165) is 16.7 Å². The number of hydrogen-bond donors (Lipinski definition) is 0. The van der Waals surface area contributed by atoms with Crippen LogP contribution in [0.25, 0.3) is 22.6 Å². The normalized spacial score (nSPS) is 10.9. The Balaban J connectivity index is 1.73. The van der Waals surface area contributed by atoms with Crippen molar-refractivity contribution >= 4 is 22.6 Å². The third-order valence-electron chi connectivity index (χ3n) is 4.21. The van der Waals surface area contributed by atoms with Crippen molar-refractivity contribution in [3.05, 3.63) is 73.0 Å². The molecule has 0 radical (unpaired) electrons. The van der Waals surface area contributed by atoms with Gasteiger partial charge in [0.05, 0.1) is 17.3 Å². The minimum absolute atomic E-state index is 0.0258. The van der Waals surface area contributed by atoms with E-state index in [1.165, 1.54) is 0 Å². The van der Waals surface area contributed by atoms with Crippen molar-refractivity contribution in [1.29, 1.82) is 0 Å². The van der Waals surface area contributed by atoms with Crippen LogP contribution in [0.2, 0.25) is 0 Å². The number of carbonyl (C=O) groups is 1. The van der Waals surface area contributed by atoms with Crippen LogP contribution in [0.5, 0.6) is 0 Å². The third-order valence-corrected chi connectivity index (χ3v) is 4.21. The van der Waals surface area contributed by atoms with E-state index in [9.17, 15) is 4.79 Å². The van der Waals surface area contributed by atoms with Gasteiger partial charge in [0.25, 0.3) is 0 Å². The fourth-order valence-corrected chi connectivity index (χ4v) is 2.87. The van der Waals surface area contributed by atoms with Gasteiger partial charge in [0, 0.05) is 12.7 Å². The van der Waals surface area contributed by atoms with Crippen LogP contribution in [-0.2, 0) is 11.3 Å². The lowest BCUT2D eigenvalue weighted by atomic mass is 10.3. The molecule has 25 heavy (non-hydrogen) atoms. The van der Waals surface area contributed by atoms with Crippen molar-refractivity contribution < 1.29 is 9.21 Å². The summed E-state index contributed by atoms with van der Waals surface area (Å²) in [6, 6.07) is 21.0. The lowest BCUT2D eigenvalue weighted by Crippen LogP contribution is -2.30. The Labute approximate surface area is 145 Å². The van der Waals surface area contributed by atoms with Crippen LogP contribution in [0.3, 0.4) is 0 Å². The summed E-state index contributed by atoms with van der Waals surface area (Å²) in [6.07, 6.45) is 1.61. The summed E-state index contributed by atoms with van der Waals surface area (Å²) < 4.78 is 7.41. The predicted octanol–water partition coefficient (Wildman–Crippen LogP) is 3.96. The Morgan fingerprint density at radius 1 is 1.04 bits per heavy atom. The van der Waals surface area contributed by atoms with Crippen molar-refractivity contribution in [2.75, 3.05) is 11.9 Å². The first-order valence-corrected chi connectivity index (χ1v) is 8.05. The van der Waals surface area contributed by atoms with Gasteiger partial charge in [0.1, 0.15) is 6.54 Å². The minimum Gasteiger partial charge on any atom is -0.461 e. The van der Waals surface area contributed by atoms with Crippen LogP contribution in [0, 0.1) is 0 Å². The third kappa shape index (κ3) is 2.80. The quantitative estimate of drug-likeness (QED) is 0.569. The van der Waals surface area contributed by atoms with Gasteiger partial charge in [-0.25, -0.2) is 4.98 Å². The van der Waals surface area contributed by atoms with Gasteiger partial charge < -0.3 is 13.9 Å². The Bertz CT molecular complexity index is 1000. The van der Waals surface area contributed by atoms with E-state index < -0.39 is 0 Å². The number of carbonyl (C=O) groups excluding carboxylic acids is 1. The number of furan rings is 1. The summed E-state index contributed by atoms with van der Waals surface area (Å²) in [5, 5.41) is 0.